The number of aliphatic carboxylic acids is 1. The predicted molar refractivity (Wildman–Crippen MR) is 85.5 cm³/mol. The quantitative estimate of drug-likeness (QED) is 0.764. The Hall–Kier alpha value is -1.93. The lowest BCUT2D eigenvalue weighted by molar-refractivity contribution is -0.155. The van der Waals surface area contributed by atoms with Crippen molar-refractivity contribution < 1.29 is 23.1 Å². The molecule has 0 heterocycles. The maximum atomic E-state index is 12.2. The van der Waals surface area contributed by atoms with Crippen molar-refractivity contribution in [2.24, 2.45) is 0 Å². The van der Waals surface area contributed by atoms with Gasteiger partial charge in [0.25, 0.3) is 0 Å². The van der Waals surface area contributed by atoms with Crippen molar-refractivity contribution in [2.75, 3.05) is 13.6 Å². The third-order valence-electron chi connectivity index (χ3n) is 3.66. The SMILES string of the molecule is CCNS(=O)(=O)c1ccc(CC(=O)N(C)C(C)(C)C(=O)O)cc1. The van der Waals surface area contributed by atoms with Gasteiger partial charge in [-0.1, -0.05) is 19.1 Å². The van der Waals surface area contributed by atoms with Gasteiger partial charge in [-0.3, -0.25) is 4.79 Å². The summed E-state index contributed by atoms with van der Waals surface area (Å²) in [6.07, 6.45) is -0.00521. The van der Waals surface area contributed by atoms with Crippen LogP contribution in [0, 0.1) is 0 Å². The summed E-state index contributed by atoms with van der Waals surface area (Å²) in [4.78, 5) is 24.6. The molecule has 0 aromatic heterocycles. The highest BCUT2D eigenvalue weighted by Crippen LogP contribution is 2.16. The highest BCUT2D eigenvalue weighted by molar-refractivity contribution is 7.89. The predicted octanol–water partition coefficient (Wildman–Crippen LogP) is 0.849. The number of carboxylic acid groups (broad SMARTS) is 1. The number of benzene rings is 1. The minimum absolute atomic E-state index is 0.00521. The normalized spacial score (nSPS) is 12.0. The number of nitrogens with zero attached hydrogens (tertiary/aromatic N) is 1. The first kappa shape index (κ1) is 19.1. The smallest absolute Gasteiger partial charge is 0.329 e. The largest absolute Gasteiger partial charge is 0.480 e. The average molecular weight is 342 g/mol. The highest BCUT2D eigenvalue weighted by atomic mass is 32.2. The number of carbonyl (C=O) groups is 2. The molecule has 0 bridgehead atoms. The van der Waals surface area contributed by atoms with E-state index in [2.05, 4.69) is 4.72 Å². The fourth-order valence-electron chi connectivity index (χ4n) is 1.81. The Morgan fingerprint density at radius 3 is 2.17 bits per heavy atom. The molecule has 1 rings (SSSR count). The van der Waals surface area contributed by atoms with Crippen LogP contribution in [0.15, 0.2) is 29.2 Å². The molecule has 2 N–H and O–H groups in total. The van der Waals surface area contributed by atoms with Crippen molar-refractivity contribution in [3.63, 3.8) is 0 Å². The summed E-state index contributed by atoms with van der Waals surface area (Å²) >= 11 is 0. The first-order valence-electron chi connectivity index (χ1n) is 7.11. The van der Waals surface area contributed by atoms with Gasteiger partial charge in [0.05, 0.1) is 11.3 Å². The first-order valence-corrected chi connectivity index (χ1v) is 8.59. The van der Waals surface area contributed by atoms with Gasteiger partial charge in [-0.05, 0) is 31.5 Å². The number of nitrogens with one attached hydrogen (secondary N) is 1. The lowest BCUT2D eigenvalue weighted by Gasteiger charge is -2.31. The van der Waals surface area contributed by atoms with Gasteiger partial charge in [0.1, 0.15) is 5.54 Å². The van der Waals surface area contributed by atoms with Crippen LogP contribution in [0.25, 0.3) is 0 Å². The van der Waals surface area contributed by atoms with E-state index >= 15 is 0 Å². The third kappa shape index (κ3) is 4.52. The summed E-state index contributed by atoms with van der Waals surface area (Å²) in [6.45, 7) is 4.86. The summed E-state index contributed by atoms with van der Waals surface area (Å²) in [5, 5.41) is 9.14. The second-order valence-corrected chi connectivity index (χ2v) is 7.41. The monoisotopic (exact) mass is 342 g/mol. The van der Waals surface area contributed by atoms with E-state index in [0.717, 1.165) is 0 Å². The van der Waals surface area contributed by atoms with E-state index in [1.54, 1.807) is 19.1 Å². The molecule has 1 aromatic rings. The standard InChI is InChI=1S/C15H22N2O5S/c1-5-16-23(21,22)12-8-6-11(7-9-12)10-13(18)17(4)15(2,3)14(19)20/h6-9,16H,5,10H2,1-4H3,(H,19,20). The average Bonchev–Trinajstić information content (AvgIpc) is 2.46. The molecule has 0 saturated carbocycles. The second-order valence-electron chi connectivity index (χ2n) is 5.64. The molecule has 0 atom stereocenters. The van der Waals surface area contributed by atoms with Crippen LogP contribution >= 0.6 is 0 Å². The molecule has 0 aliphatic carbocycles. The fraction of sp³-hybridized carbons (Fsp3) is 0.467. The minimum Gasteiger partial charge on any atom is -0.480 e. The van der Waals surface area contributed by atoms with Crippen LogP contribution in [0.4, 0.5) is 0 Å². The summed E-state index contributed by atoms with van der Waals surface area (Å²) in [6, 6.07) is 5.93. The second kappa shape index (κ2) is 7.10. The number of carbonyl (C=O) groups excluding carboxylic acids is 1. The molecule has 1 aromatic carbocycles. The molecule has 7 nitrogen and oxygen atoms in total. The van der Waals surface area contributed by atoms with Crippen molar-refractivity contribution in [1.82, 2.24) is 9.62 Å². The number of sulfonamides is 1. The van der Waals surface area contributed by atoms with Crippen LogP contribution in [0.2, 0.25) is 0 Å². The van der Waals surface area contributed by atoms with Crippen LogP contribution in [-0.4, -0.2) is 49.4 Å². The van der Waals surface area contributed by atoms with Crippen molar-refractivity contribution >= 4 is 21.9 Å². The van der Waals surface area contributed by atoms with Crippen molar-refractivity contribution in [2.45, 2.75) is 37.6 Å². The molecular weight excluding hydrogens is 320 g/mol. The van der Waals surface area contributed by atoms with Crippen molar-refractivity contribution in [3.05, 3.63) is 29.8 Å². The van der Waals surface area contributed by atoms with Crippen LogP contribution in [0.3, 0.4) is 0 Å². The molecule has 8 heteroatoms. The van der Waals surface area contributed by atoms with Gasteiger partial charge in [-0.25, -0.2) is 17.9 Å². The van der Waals surface area contributed by atoms with E-state index in [1.807, 2.05) is 0 Å². The number of rotatable bonds is 7. The summed E-state index contributed by atoms with van der Waals surface area (Å²) in [7, 11) is -2.10. The maximum Gasteiger partial charge on any atom is 0.329 e. The van der Waals surface area contributed by atoms with Gasteiger partial charge in [0.15, 0.2) is 0 Å². The molecule has 128 valence electrons. The van der Waals surface area contributed by atoms with Gasteiger partial charge in [0, 0.05) is 13.6 Å². The fourth-order valence-corrected chi connectivity index (χ4v) is 2.85. The zero-order valence-electron chi connectivity index (χ0n) is 13.7. The number of carboxylic acids is 1. The summed E-state index contributed by atoms with van der Waals surface area (Å²) in [5.74, 6) is -1.46. The van der Waals surface area contributed by atoms with Gasteiger partial charge < -0.3 is 10.0 Å². The molecular formula is C15H22N2O5S. The lowest BCUT2D eigenvalue weighted by atomic mass is 10.0. The maximum absolute atomic E-state index is 12.2. The van der Waals surface area contributed by atoms with E-state index < -0.39 is 21.5 Å². The Kier molecular flexibility index (Phi) is 5.90. The Morgan fingerprint density at radius 1 is 1.22 bits per heavy atom. The summed E-state index contributed by atoms with van der Waals surface area (Å²) in [5.41, 5.74) is -0.704. The zero-order valence-corrected chi connectivity index (χ0v) is 14.5. The van der Waals surface area contributed by atoms with E-state index in [1.165, 1.54) is 37.9 Å². The Morgan fingerprint density at radius 2 is 1.74 bits per heavy atom. The van der Waals surface area contributed by atoms with E-state index in [0.29, 0.717) is 5.56 Å². The molecule has 0 unspecified atom stereocenters. The van der Waals surface area contributed by atoms with Gasteiger partial charge in [0.2, 0.25) is 15.9 Å². The first-order chi connectivity index (χ1) is 10.5. The van der Waals surface area contributed by atoms with Crippen LogP contribution in [0.5, 0.6) is 0 Å². The molecule has 23 heavy (non-hydrogen) atoms. The van der Waals surface area contributed by atoms with Crippen LogP contribution < -0.4 is 4.72 Å². The van der Waals surface area contributed by atoms with Crippen LogP contribution in [0.1, 0.15) is 26.3 Å². The van der Waals surface area contributed by atoms with Gasteiger partial charge in [-0.2, -0.15) is 0 Å². The number of hydrogen-bond donors (Lipinski definition) is 2. The van der Waals surface area contributed by atoms with E-state index in [9.17, 15) is 18.0 Å². The van der Waals surface area contributed by atoms with Gasteiger partial charge >= 0.3 is 5.97 Å². The molecule has 0 saturated heterocycles. The van der Waals surface area contributed by atoms with E-state index in [4.69, 9.17) is 5.11 Å². The molecule has 1 amide bonds. The topological polar surface area (TPSA) is 104 Å². The Bertz CT molecular complexity index is 680. The summed E-state index contributed by atoms with van der Waals surface area (Å²) < 4.78 is 26.0. The van der Waals surface area contributed by atoms with Gasteiger partial charge in [-0.15, -0.1) is 0 Å². The number of likely N-dealkylation sites (N-methyl/N-ethyl adjacent to an activating group) is 1. The van der Waals surface area contributed by atoms with Crippen molar-refractivity contribution in [1.29, 1.82) is 0 Å². The molecule has 0 fully saturated rings. The molecule has 0 radical (unpaired) electrons. The minimum atomic E-state index is -3.53. The van der Waals surface area contributed by atoms with E-state index in [-0.39, 0.29) is 23.8 Å². The Balaban J connectivity index is 2.87. The molecule has 0 spiro atoms. The number of amides is 1. The number of hydrogen-bond acceptors (Lipinski definition) is 4. The highest BCUT2D eigenvalue weighted by Gasteiger charge is 2.34. The Labute approximate surface area is 136 Å². The third-order valence-corrected chi connectivity index (χ3v) is 5.22. The zero-order chi connectivity index (χ0) is 17.8. The molecule has 0 aliphatic heterocycles. The van der Waals surface area contributed by atoms with Crippen molar-refractivity contribution in [3.8, 4) is 0 Å². The van der Waals surface area contributed by atoms with Crippen LogP contribution in [-0.2, 0) is 26.0 Å². The molecule has 0 aliphatic rings. The lowest BCUT2D eigenvalue weighted by Crippen LogP contribution is -2.51.